The van der Waals surface area contributed by atoms with E-state index in [-0.39, 0.29) is 11.2 Å². The lowest BCUT2D eigenvalue weighted by Gasteiger charge is -2.39. The lowest BCUT2D eigenvalue weighted by atomic mass is 9.76. The first-order valence-electron chi connectivity index (χ1n) is 7.85. The second-order valence-electron chi connectivity index (χ2n) is 6.32. The van der Waals surface area contributed by atoms with Crippen LogP contribution >= 0.6 is 0 Å². The molecule has 114 valence electrons. The van der Waals surface area contributed by atoms with Gasteiger partial charge in [0, 0.05) is 44.3 Å². The molecule has 0 aromatic heterocycles. The van der Waals surface area contributed by atoms with Crippen LogP contribution in [0.25, 0.3) is 0 Å². The van der Waals surface area contributed by atoms with Crippen LogP contribution in [0.15, 0.2) is 30.3 Å². The van der Waals surface area contributed by atoms with E-state index in [2.05, 4.69) is 17.0 Å². The maximum absolute atomic E-state index is 12.3. The van der Waals surface area contributed by atoms with Crippen molar-refractivity contribution in [2.24, 2.45) is 5.41 Å². The van der Waals surface area contributed by atoms with E-state index >= 15 is 0 Å². The monoisotopic (exact) mass is 287 g/mol. The topological polar surface area (TPSA) is 37.4 Å². The lowest BCUT2D eigenvalue weighted by molar-refractivity contribution is -0.134. The summed E-state index contributed by atoms with van der Waals surface area (Å²) in [5.74, 6) is 0.569. The molecule has 1 heterocycles. The Kier molecular flexibility index (Phi) is 5.29. The molecule has 0 N–H and O–H groups in total. The smallest absolute Gasteiger partial charge is 0.141 e. The molecule has 1 fully saturated rings. The summed E-state index contributed by atoms with van der Waals surface area (Å²) in [5.41, 5.74) is 0.913. The minimum atomic E-state index is -0.363. The summed E-state index contributed by atoms with van der Waals surface area (Å²) in [4.78, 5) is 26.2. The highest BCUT2D eigenvalue weighted by atomic mass is 16.1. The second kappa shape index (κ2) is 6.99. The van der Waals surface area contributed by atoms with Gasteiger partial charge in [0.25, 0.3) is 0 Å². The van der Waals surface area contributed by atoms with E-state index in [1.165, 1.54) is 5.56 Å². The number of nitrogens with zero attached hydrogens (tertiary/aromatic N) is 1. The molecule has 1 saturated heterocycles. The molecule has 0 spiro atoms. The highest BCUT2D eigenvalue weighted by molar-refractivity contribution is 5.86. The van der Waals surface area contributed by atoms with Gasteiger partial charge in [-0.3, -0.25) is 14.5 Å². The average molecular weight is 287 g/mol. The number of likely N-dealkylation sites (tertiary alicyclic amines) is 1. The molecule has 3 heteroatoms. The molecule has 2 rings (SSSR count). The minimum absolute atomic E-state index is 0.254. The van der Waals surface area contributed by atoms with Gasteiger partial charge in [-0.05, 0) is 12.0 Å². The van der Waals surface area contributed by atoms with Crippen LogP contribution < -0.4 is 0 Å². The number of benzene rings is 1. The van der Waals surface area contributed by atoms with E-state index in [0.717, 1.165) is 19.6 Å². The molecule has 1 aliphatic heterocycles. The average Bonchev–Trinajstić information content (AvgIpc) is 2.50. The third-order valence-electron chi connectivity index (χ3n) is 4.50. The Hall–Kier alpha value is -1.48. The van der Waals surface area contributed by atoms with Crippen molar-refractivity contribution in [2.45, 2.75) is 46.1 Å². The van der Waals surface area contributed by atoms with E-state index in [1.807, 2.05) is 32.0 Å². The number of hydrogen-bond acceptors (Lipinski definition) is 3. The zero-order valence-electron chi connectivity index (χ0n) is 13.1. The van der Waals surface area contributed by atoms with Crippen molar-refractivity contribution in [1.29, 1.82) is 0 Å². The first-order chi connectivity index (χ1) is 10.0. The molecule has 0 radical (unpaired) electrons. The molecule has 0 bridgehead atoms. The van der Waals surface area contributed by atoms with Gasteiger partial charge in [-0.1, -0.05) is 44.2 Å². The van der Waals surface area contributed by atoms with E-state index in [1.54, 1.807) is 0 Å². The molecule has 1 aromatic carbocycles. The highest BCUT2D eigenvalue weighted by Crippen LogP contribution is 2.32. The molecule has 21 heavy (non-hydrogen) atoms. The fraction of sp³-hybridized carbons (Fsp3) is 0.556. The summed E-state index contributed by atoms with van der Waals surface area (Å²) in [6.07, 6.45) is 2.38. The maximum atomic E-state index is 12.3. The molecule has 0 saturated carbocycles. The zero-order chi connectivity index (χ0) is 15.3. The summed E-state index contributed by atoms with van der Waals surface area (Å²) < 4.78 is 0. The highest BCUT2D eigenvalue weighted by Gasteiger charge is 2.38. The summed E-state index contributed by atoms with van der Waals surface area (Å²) in [5, 5.41) is 0. The van der Waals surface area contributed by atoms with Crippen molar-refractivity contribution in [2.75, 3.05) is 13.1 Å². The molecule has 0 unspecified atom stereocenters. The first-order valence-corrected chi connectivity index (χ1v) is 7.85. The van der Waals surface area contributed by atoms with Crippen LogP contribution in [0.3, 0.4) is 0 Å². The van der Waals surface area contributed by atoms with E-state index < -0.39 is 0 Å². The van der Waals surface area contributed by atoms with Gasteiger partial charge >= 0.3 is 0 Å². The van der Waals surface area contributed by atoms with Gasteiger partial charge in [0.05, 0.1) is 0 Å². The molecule has 0 aliphatic carbocycles. The number of ketones is 2. The largest absolute Gasteiger partial charge is 0.300 e. The van der Waals surface area contributed by atoms with Crippen molar-refractivity contribution < 1.29 is 9.59 Å². The van der Waals surface area contributed by atoms with Gasteiger partial charge < -0.3 is 0 Å². The van der Waals surface area contributed by atoms with Crippen LogP contribution in [0.1, 0.15) is 45.1 Å². The van der Waals surface area contributed by atoms with Gasteiger partial charge in [-0.15, -0.1) is 0 Å². The maximum Gasteiger partial charge on any atom is 0.141 e. The SMILES string of the molecule is CCC(=O)CC[C@@]1(C)CN(Cc2ccccc2)CCC1=O. The van der Waals surface area contributed by atoms with Crippen LogP contribution in [0.4, 0.5) is 0 Å². The van der Waals surface area contributed by atoms with E-state index in [4.69, 9.17) is 0 Å². The fourth-order valence-corrected chi connectivity index (χ4v) is 3.01. The number of carbonyl (C=O) groups is 2. The van der Waals surface area contributed by atoms with Crippen molar-refractivity contribution in [3.63, 3.8) is 0 Å². The Bertz CT molecular complexity index is 497. The molecular formula is C18H25NO2. The predicted octanol–water partition coefficient (Wildman–Crippen LogP) is 3.23. The van der Waals surface area contributed by atoms with Gasteiger partial charge in [0.15, 0.2) is 0 Å². The lowest BCUT2D eigenvalue weighted by Crippen LogP contribution is -2.47. The third kappa shape index (κ3) is 4.24. The molecule has 3 nitrogen and oxygen atoms in total. The van der Waals surface area contributed by atoms with Crippen LogP contribution in [0.2, 0.25) is 0 Å². The van der Waals surface area contributed by atoms with Gasteiger partial charge in [0.1, 0.15) is 11.6 Å². The van der Waals surface area contributed by atoms with Crippen LogP contribution in [0.5, 0.6) is 0 Å². The van der Waals surface area contributed by atoms with Gasteiger partial charge in [-0.25, -0.2) is 0 Å². The standard InChI is InChI=1S/C18H25NO2/c1-3-16(20)9-11-18(2)14-19(12-10-17(18)21)13-15-7-5-4-6-8-15/h4-8H,3,9-14H2,1-2H3/t18-/m0/s1. The number of hydrogen-bond donors (Lipinski definition) is 0. The molecule has 1 atom stereocenters. The van der Waals surface area contributed by atoms with Crippen molar-refractivity contribution >= 4 is 11.6 Å². The Morgan fingerprint density at radius 2 is 2.00 bits per heavy atom. The minimum Gasteiger partial charge on any atom is -0.300 e. The molecule has 1 aromatic rings. The van der Waals surface area contributed by atoms with Crippen LogP contribution in [0, 0.1) is 5.41 Å². The van der Waals surface area contributed by atoms with Crippen molar-refractivity contribution in [3.05, 3.63) is 35.9 Å². The second-order valence-corrected chi connectivity index (χ2v) is 6.32. The van der Waals surface area contributed by atoms with Gasteiger partial charge in [0.2, 0.25) is 0 Å². The van der Waals surface area contributed by atoms with Crippen molar-refractivity contribution in [1.82, 2.24) is 4.90 Å². The predicted molar refractivity (Wildman–Crippen MR) is 84.0 cm³/mol. The number of piperidine rings is 1. The number of carbonyl (C=O) groups excluding carboxylic acids is 2. The summed E-state index contributed by atoms with van der Waals surface area (Å²) in [6, 6.07) is 10.3. The van der Waals surface area contributed by atoms with Crippen LogP contribution in [-0.4, -0.2) is 29.6 Å². The fourth-order valence-electron chi connectivity index (χ4n) is 3.01. The van der Waals surface area contributed by atoms with Crippen LogP contribution in [-0.2, 0) is 16.1 Å². The molecule has 1 aliphatic rings. The molecular weight excluding hydrogens is 262 g/mol. The van der Waals surface area contributed by atoms with Crippen molar-refractivity contribution in [3.8, 4) is 0 Å². The van der Waals surface area contributed by atoms with Gasteiger partial charge in [-0.2, -0.15) is 0 Å². The summed E-state index contributed by atoms with van der Waals surface area (Å²) >= 11 is 0. The summed E-state index contributed by atoms with van der Waals surface area (Å²) in [7, 11) is 0. The number of rotatable bonds is 6. The van der Waals surface area contributed by atoms with E-state index in [0.29, 0.717) is 31.5 Å². The van der Waals surface area contributed by atoms with E-state index in [9.17, 15) is 9.59 Å². The Labute approximate surface area is 127 Å². The Balaban J connectivity index is 1.98. The zero-order valence-corrected chi connectivity index (χ0v) is 13.1. The molecule has 0 amide bonds. The first kappa shape index (κ1) is 15.9. The third-order valence-corrected chi connectivity index (χ3v) is 4.50. The quantitative estimate of drug-likeness (QED) is 0.806. The Morgan fingerprint density at radius 1 is 1.29 bits per heavy atom. The number of Topliss-reactive ketones (excluding diaryl/α,β-unsaturated/α-hetero) is 2. The summed E-state index contributed by atoms with van der Waals surface area (Å²) in [6.45, 7) is 6.37. The normalized spacial score (nSPS) is 23.2. The Morgan fingerprint density at radius 3 is 2.67 bits per heavy atom.